The maximum absolute atomic E-state index is 12.0. The maximum Gasteiger partial charge on any atom is 0.275 e. The Balaban J connectivity index is 2.13. The van der Waals surface area contributed by atoms with Crippen LogP contribution in [0.25, 0.3) is 10.8 Å². The summed E-state index contributed by atoms with van der Waals surface area (Å²) in [5.74, 6) is -0.439. The van der Waals surface area contributed by atoms with Crippen LogP contribution in [0.3, 0.4) is 0 Å². The molecule has 0 heterocycles. The molecule has 0 atom stereocenters. The average molecular weight is 270 g/mol. The molecule has 0 aliphatic rings. The lowest BCUT2D eigenvalue weighted by molar-refractivity contribution is 0.0952. The van der Waals surface area contributed by atoms with E-state index < -0.39 is 5.91 Å². The van der Waals surface area contributed by atoms with E-state index in [4.69, 9.17) is 0 Å². The molecular weight excluding hydrogens is 252 g/mol. The second-order valence-corrected chi connectivity index (χ2v) is 4.61. The van der Waals surface area contributed by atoms with Crippen LogP contribution < -0.4 is 5.43 Å². The molecule has 0 aliphatic heterocycles. The Kier molecular flexibility index (Phi) is 4.71. The van der Waals surface area contributed by atoms with Crippen LogP contribution in [0.1, 0.15) is 36.5 Å². The minimum absolute atomic E-state index is 0.0371. The number of rotatable bonds is 5. The lowest BCUT2D eigenvalue weighted by atomic mass is 10.1. The number of aromatic hydroxyl groups is 1. The molecule has 2 aromatic rings. The van der Waals surface area contributed by atoms with Gasteiger partial charge in [-0.25, -0.2) is 5.43 Å². The van der Waals surface area contributed by atoms with Crippen LogP contribution >= 0.6 is 0 Å². The van der Waals surface area contributed by atoms with Crippen LogP contribution in [0.4, 0.5) is 0 Å². The highest BCUT2D eigenvalue weighted by atomic mass is 16.3. The summed E-state index contributed by atoms with van der Waals surface area (Å²) in [5, 5.41) is 15.6. The predicted octanol–water partition coefficient (Wildman–Crippen LogP) is 3.45. The number of phenols is 1. The highest BCUT2D eigenvalue weighted by Gasteiger charge is 2.11. The van der Waals surface area contributed by atoms with E-state index in [0.29, 0.717) is 0 Å². The van der Waals surface area contributed by atoms with Gasteiger partial charge in [-0.2, -0.15) is 5.10 Å². The summed E-state index contributed by atoms with van der Waals surface area (Å²) in [4.78, 5) is 12.0. The number of benzene rings is 2. The van der Waals surface area contributed by atoms with E-state index in [1.807, 2.05) is 24.3 Å². The van der Waals surface area contributed by atoms with Gasteiger partial charge in [-0.15, -0.1) is 0 Å². The van der Waals surface area contributed by atoms with Crippen molar-refractivity contribution in [3.63, 3.8) is 0 Å². The van der Waals surface area contributed by atoms with E-state index >= 15 is 0 Å². The third-order valence-corrected chi connectivity index (χ3v) is 3.05. The third kappa shape index (κ3) is 3.35. The number of unbranched alkanes of at least 4 members (excludes halogenated alkanes) is 2. The Morgan fingerprint density at radius 3 is 2.70 bits per heavy atom. The molecule has 0 spiro atoms. The topological polar surface area (TPSA) is 61.7 Å². The fourth-order valence-electron chi connectivity index (χ4n) is 1.93. The number of nitrogens with zero attached hydrogens (tertiary/aromatic N) is 1. The fourth-order valence-corrected chi connectivity index (χ4v) is 1.93. The Bertz CT molecular complexity index is 635. The zero-order valence-electron chi connectivity index (χ0n) is 11.5. The zero-order valence-corrected chi connectivity index (χ0v) is 11.5. The summed E-state index contributed by atoms with van der Waals surface area (Å²) in [6.07, 6.45) is 4.64. The summed E-state index contributed by atoms with van der Waals surface area (Å²) < 4.78 is 0. The standard InChI is InChI=1S/C16H18N2O2/c1-2-3-6-9-17-18-16(20)14-10-12-7-4-5-8-13(12)11-15(14)19/h4-5,7-11,19H,2-3,6H2,1H3,(H,18,20). The normalized spacial score (nSPS) is 11.1. The maximum atomic E-state index is 12.0. The monoisotopic (exact) mass is 270 g/mol. The minimum Gasteiger partial charge on any atom is -0.507 e. The molecule has 4 nitrogen and oxygen atoms in total. The first-order valence-electron chi connectivity index (χ1n) is 6.76. The van der Waals surface area contributed by atoms with Gasteiger partial charge in [-0.05, 0) is 35.7 Å². The van der Waals surface area contributed by atoms with Crippen molar-refractivity contribution in [2.45, 2.75) is 26.2 Å². The Morgan fingerprint density at radius 2 is 2.00 bits per heavy atom. The number of fused-ring (bicyclic) bond motifs is 1. The highest BCUT2D eigenvalue weighted by molar-refractivity contribution is 6.01. The van der Waals surface area contributed by atoms with Crippen molar-refractivity contribution >= 4 is 22.9 Å². The van der Waals surface area contributed by atoms with Gasteiger partial charge >= 0.3 is 0 Å². The molecule has 0 aromatic heterocycles. The number of phenolic OH excluding ortho intramolecular Hbond substituents is 1. The number of hydrazone groups is 1. The quantitative estimate of drug-likeness (QED) is 0.496. The zero-order chi connectivity index (χ0) is 14.4. The van der Waals surface area contributed by atoms with Crippen molar-refractivity contribution in [3.8, 4) is 5.75 Å². The molecule has 2 aromatic carbocycles. The van der Waals surface area contributed by atoms with Gasteiger partial charge < -0.3 is 5.11 Å². The van der Waals surface area contributed by atoms with Gasteiger partial charge in [-0.3, -0.25) is 4.79 Å². The number of hydrogen-bond acceptors (Lipinski definition) is 3. The fraction of sp³-hybridized carbons (Fsp3) is 0.250. The molecule has 0 radical (unpaired) electrons. The van der Waals surface area contributed by atoms with Gasteiger partial charge in [0.15, 0.2) is 0 Å². The van der Waals surface area contributed by atoms with Crippen LogP contribution in [0.5, 0.6) is 5.75 Å². The van der Waals surface area contributed by atoms with Crippen molar-refractivity contribution in [1.29, 1.82) is 0 Å². The second-order valence-electron chi connectivity index (χ2n) is 4.61. The van der Waals surface area contributed by atoms with Gasteiger partial charge in [0, 0.05) is 6.21 Å². The van der Waals surface area contributed by atoms with Crippen molar-refractivity contribution < 1.29 is 9.90 Å². The minimum atomic E-state index is -0.402. The Labute approximate surface area is 118 Å². The number of nitrogens with one attached hydrogen (secondary N) is 1. The second kappa shape index (κ2) is 6.70. The molecule has 20 heavy (non-hydrogen) atoms. The summed E-state index contributed by atoms with van der Waals surface area (Å²) in [6.45, 7) is 2.10. The van der Waals surface area contributed by atoms with Gasteiger partial charge in [0.05, 0.1) is 5.56 Å². The SMILES string of the molecule is CCCCC=NNC(=O)c1cc2ccccc2cc1O. The van der Waals surface area contributed by atoms with Crippen LogP contribution in [-0.2, 0) is 0 Å². The first-order valence-corrected chi connectivity index (χ1v) is 6.76. The van der Waals surface area contributed by atoms with Gasteiger partial charge in [0.1, 0.15) is 5.75 Å². The number of carbonyl (C=O) groups is 1. The molecule has 0 fully saturated rings. The molecule has 0 bridgehead atoms. The molecule has 0 aliphatic carbocycles. The van der Waals surface area contributed by atoms with Crippen LogP contribution in [-0.4, -0.2) is 17.2 Å². The van der Waals surface area contributed by atoms with Crippen molar-refractivity contribution in [2.24, 2.45) is 5.10 Å². The largest absolute Gasteiger partial charge is 0.507 e. The van der Waals surface area contributed by atoms with E-state index in [-0.39, 0.29) is 11.3 Å². The summed E-state index contributed by atoms with van der Waals surface area (Å²) in [7, 11) is 0. The Morgan fingerprint density at radius 1 is 1.30 bits per heavy atom. The van der Waals surface area contributed by atoms with Crippen LogP contribution in [0.15, 0.2) is 41.5 Å². The molecule has 0 saturated carbocycles. The van der Waals surface area contributed by atoms with E-state index in [1.165, 1.54) is 0 Å². The lowest BCUT2D eigenvalue weighted by Crippen LogP contribution is -2.17. The summed E-state index contributed by atoms with van der Waals surface area (Å²) >= 11 is 0. The van der Waals surface area contributed by atoms with Gasteiger partial charge in [0.25, 0.3) is 5.91 Å². The number of amides is 1. The smallest absolute Gasteiger partial charge is 0.275 e. The summed E-state index contributed by atoms with van der Waals surface area (Å²) in [6, 6.07) is 10.8. The summed E-state index contributed by atoms with van der Waals surface area (Å²) in [5.41, 5.74) is 2.67. The van der Waals surface area contributed by atoms with Crippen molar-refractivity contribution in [3.05, 3.63) is 42.0 Å². The lowest BCUT2D eigenvalue weighted by Gasteiger charge is -2.05. The predicted molar refractivity (Wildman–Crippen MR) is 81.1 cm³/mol. The first kappa shape index (κ1) is 14.1. The molecular formula is C16H18N2O2. The molecule has 0 saturated heterocycles. The molecule has 2 rings (SSSR count). The van der Waals surface area contributed by atoms with Crippen molar-refractivity contribution in [2.75, 3.05) is 0 Å². The van der Waals surface area contributed by atoms with Crippen LogP contribution in [0.2, 0.25) is 0 Å². The number of carbonyl (C=O) groups excluding carboxylic acids is 1. The van der Waals surface area contributed by atoms with E-state index in [9.17, 15) is 9.90 Å². The molecule has 2 N–H and O–H groups in total. The number of hydrogen-bond donors (Lipinski definition) is 2. The van der Waals surface area contributed by atoms with E-state index in [1.54, 1.807) is 18.3 Å². The third-order valence-electron chi connectivity index (χ3n) is 3.05. The van der Waals surface area contributed by atoms with Crippen molar-refractivity contribution in [1.82, 2.24) is 5.43 Å². The molecule has 1 amide bonds. The average Bonchev–Trinajstić information content (AvgIpc) is 2.46. The molecule has 104 valence electrons. The molecule has 4 heteroatoms. The van der Waals surface area contributed by atoms with Gasteiger partial charge in [0.2, 0.25) is 0 Å². The first-order chi connectivity index (χ1) is 9.72. The Hall–Kier alpha value is -2.36. The van der Waals surface area contributed by atoms with Gasteiger partial charge in [-0.1, -0.05) is 37.6 Å². The molecule has 0 unspecified atom stereocenters. The highest BCUT2D eigenvalue weighted by Crippen LogP contribution is 2.24. The van der Waals surface area contributed by atoms with Crippen LogP contribution in [0, 0.1) is 0 Å². The van der Waals surface area contributed by atoms with E-state index in [2.05, 4.69) is 17.5 Å². The van der Waals surface area contributed by atoms with E-state index in [0.717, 1.165) is 30.0 Å².